The molecule has 4 rings (SSSR count). The maximum atomic E-state index is 12.8. The highest BCUT2D eigenvalue weighted by Gasteiger charge is 2.15. The monoisotopic (exact) mass is 597 g/mol. The average molecular weight is 598 g/mol. The fraction of sp³-hybridized carbons (Fsp3) is 0.474. The van der Waals surface area contributed by atoms with Gasteiger partial charge in [-0.2, -0.15) is 0 Å². The maximum Gasteiger partial charge on any atom is 0.224 e. The van der Waals surface area contributed by atoms with Crippen LogP contribution in [0.3, 0.4) is 0 Å². The molecule has 0 fully saturated rings. The molecule has 4 aromatic rings. The lowest BCUT2D eigenvalue weighted by atomic mass is 10.1. The van der Waals surface area contributed by atoms with Crippen LogP contribution in [0.15, 0.2) is 73.1 Å². The van der Waals surface area contributed by atoms with Crippen LogP contribution >= 0.6 is 0 Å². The smallest absolute Gasteiger partial charge is 0.224 e. The molecular formula is C38H51N3O3. The number of fused-ring (bicyclic) bond motifs is 1. The van der Waals surface area contributed by atoms with E-state index in [0.717, 1.165) is 46.1 Å². The first-order valence-electron chi connectivity index (χ1n) is 16.7. The Hall–Kier alpha value is -3.80. The molecule has 2 aromatic heterocycles. The first kappa shape index (κ1) is 33.1. The fourth-order valence-corrected chi connectivity index (χ4v) is 5.77. The molecular weight excluding hydrogens is 546 g/mol. The SMILES string of the molecule is CCCCCCCCCCCCCCOc1cc(CN(C(C)=O)c2cccc(Cc3ncc4ccccn34)c2)ccc1OC. The number of hydrogen-bond donors (Lipinski definition) is 0. The molecule has 0 aliphatic rings. The molecule has 0 N–H and O–H groups in total. The highest BCUT2D eigenvalue weighted by molar-refractivity contribution is 5.91. The summed E-state index contributed by atoms with van der Waals surface area (Å²) in [5.41, 5.74) is 4.03. The van der Waals surface area contributed by atoms with Crippen LogP contribution in [0.1, 0.15) is 108 Å². The normalized spacial score (nSPS) is 11.2. The summed E-state index contributed by atoms with van der Waals surface area (Å²) in [7, 11) is 1.67. The predicted molar refractivity (Wildman–Crippen MR) is 181 cm³/mol. The minimum absolute atomic E-state index is 0.0109. The number of hydrogen-bond acceptors (Lipinski definition) is 4. The van der Waals surface area contributed by atoms with Crippen molar-refractivity contribution in [3.8, 4) is 11.5 Å². The Morgan fingerprint density at radius 2 is 1.52 bits per heavy atom. The molecule has 0 atom stereocenters. The van der Waals surface area contributed by atoms with Gasteiger partial charge in [0.2, 0.25) is 5.91 Å². The zero-order valence-electron chi connectivity index (χ0n) is 27.1. The lowest BCUT2D eigenvalue weighted by Crippen LogP contribution is -2.27. The molecule has 0 saturated carbocycles. The van der Waals surface area contributed by atoms with Gasteiger partial charge in [-0.1, -0.05) is 102 Å². The van der Waals surface area contributed by atoms with Crippen LogP contribution in [0.2, 0.25) is 0 Å². The number of anilines is 1. The molecule has 2 aromatic carbocycles. The van der Waals surface area contributed by atoms with Gasteiger partial charge in [-0.05, 0) is 53.9 Å². The standard InChI is InChI=1S/C38H51N3O3/c1-4-5-6-7-8-9-10-11-12-13-14-17-25-44-37-27-33(22-23-36(37)43-3)30-41(31(2)42)34-21-18-19-32(26-34)28-38-39-29-35-20-15-16-24-40(35)38/h15-16,18-24,26-27,29H,4-14,17,25,28,30H2,1-3H3. The van der Waals surface area contributed by atoms with Gasteiger partial charge in [0.05, 0.1) is 32.0 Å². The molecule has 44 heavy (non-hydrogen) atoms. The summed E-state index contributed by atoms with van der Waals surface area (Å²) >= 11 is 0. The molecule has 1 amide bonds. The Balaban J connectivity index is 1.27. The Morgan fingerprint density at radius 1 is 0.795 bits per heavy atom. The van der Waals surface area contributed by atoms with E-state index >= 15 is 0 Å². The zero-order chi connectivity index (χ0) is 31.0. The van der Waals surface area contributed by atoms with Gasteiger partial charge in [0, 0.05) is 25.2 Å². The highest BCUT2D eigenvalue weighted by atomic mass is 16.5. The fourth-order valence-electron chi connectivity index (χ4n) is 5.77. The minimum atomic E-state index is -0.0109. The van der Waals surface area contributed by atoms with E-state index in [4.69, 9.17) is 9.47 Å². The van der Waals surface area contributed by atoms with Crippen LogP contribution < -0.4 is 14.4 Å². The third-order valence-corrected chi connectivity index (χ3v) is 8.30. The Kier molecular flexibility index (Phi) is 13.6. The van der Waals surface area contributed by atoms with Gasteiger partial charge in [0.15, 0.2) is 11.5 Å². The molecule has 0 aliphatic heterocycles. The number of pyridine rings is 1. The maximum absolute atomic E-state index is 12.8. The number of ether oxygens (including phenoxy) is 2. The van der Waals surface area contributed by atoms with Gasteiger partial charge in [-0.15, -0.1) is 0 Å². The van der Waals surface area contributed by atoms with Crippen LogP contribution in [0.25, 0.3) is 5.52 Å². The number of imidazole rings is 1. The second-order valence-electron chi connectivity index (χ2n) is 11.8. The van der Waals surface area contributed by atoms with Gasteiger partial charge in [0.1, 0.15) is 5.82 Å². The third-order valence-electron chi connectivity index (χ3n) is 8.30. The summed E-state index contributed by atoms with van der Waals surface area (Å²) in [5, 5.41) is 0. The first-order valence-corrected chi connectivity index (χ1v) is 16.7. The van der Waals surface area contributed by atoms with Crippen LogP contribution in [-0.4, -0.2) is 29.0 Å². The number of amides is 1. The lowest BCUT2D eigenvalue weighted by molar-refractivity contribution is -0.116. The summed E-state index contributed by atoms with van der Waals surface area (Å²) in [5.74, 6) is 2.41. The first-order chi connectivity index (χ1) is 21.6. The predicted octanol–water partition coefficient (Wildman–Crippen LogP) is 9.57. The van der Waals surface area contributed by atoms with Crippen molar-refractivity contribution < 1.29 is 14.3 Å². The largest absolute Gasteiger partial charge is 0.493 e. The third kappa shape index (κ3) is 10.1. The summed E-state index contributed by atoms with van der Waals surface area (Å²) in [4.78, 5) is 19.2. The van der Waals surface area contributed by atoms with E-state index in [1.54, 1.807) is 14.0 Å². The molecule has 0 aliphatic carbocycles. The molecule has 6 nitrogen and oxygen atoms in total. The second kappa shape index (κ2) is 18.1. The summed E-state index contributed by atoms with van der Waals surface area (Å²) in [6, 6.07) is 20.2. The molecule has 0 radical (unpaired) electrons. The molecule has 0 spiro atoms. The summed E-state index contributed by atoms with van der Waals surface area (Å²) in [6.45, 7) is 5.00. The van der Waals surface area contributed by atoms with E-state index in [2.05, 4.69) is 34.5 Å². The zero-order valence-corrected chi connectivity index (χ0v) is 27.1. The highest BCUT2D eigenvalue weighted by Crippen LogP contribution is 2.30. The minimum Gasteiger partial charge on any atom is -0.493 e. The molecule has 0 bridgehead atoms. The van der Waals surface area contributed by atoms with Crippen molar-refractivity contribution in [3.05, 3.63) is 90.0 Å². The van der Waals surface area contributed by atoms with Crippen molar-refractivity contribution in [3.63, 3.8) is 0 Å². The quantitative estimate of drug-likeness (QED) is 0.0952. The molecule has 0 saturated heterocycles. The van der Waals surface area contributed by atoms with E-state index in [-0.39, 0.29) is 5.91 Å². The van der Waals surface area contributed by atoms with Crippen LogP contribution in [0.5, 0.6) is 11.5 Å². The number of unbranched alkanes of at least 4 members (excludes halogenated alkanes) is 11. The van der Waals surface area contributed by atoms with Gasteiger partial charge in [-0.3, -0.25) is 4.79 Å². The van der Waals surface area contributed by atoms with Crippen LogP contribution in [0, 0.1) is 0 Å². The van der Waals surface area contributed by atoms with E-state index < -0.39 is 0 Å². The molecule has 0 unspecified atom stereocenters. The molecule has 6 heteroatoms. The van der Waals surface area contributed by atoms with E-state index in [1.807, 2.05) is 59.8 Å². The van der Waals surface area contributed by atoms with Crippen molar-refractivity contribution in [1.82, 2.24) is 9.38 Å². The van der Waals surface area contributed by atoms with Crippen LogP contribution in [0.4, 0.5) is 5.69 Å². The van der Waals surface area contributed by atoms with E-state index in [0.29, 0.717) is 19.6 Å². The lowest BCUT2D eigenvalue weighted by Gasteiger charge is -2.23. The number of benzene rings is 2. The average Bonchev–Trinajstić information content (AvgIpc) is 3.44. The number of aromatic nitrogens is 2. The number of carbonyl (C=O) groups excluding carboxylic acids is 1. The summed E-state index contributed by atoms with van der Waals surface area (Å²) in [6.07, 6.45) is 20.4. The van der Waals surface area contributed by atoms with E-state index in [1.165, 1.54) is 70.6 Å². The number of rotatable bonds is 20. The molecule has 2 heterocycles. The van der Waals surface area contributed by atoms with Gasteiger partial charge >= 0.3 is 0 Å². The van der Waals surface area contributed by atoms with Crippen molar-refractivity contribution in [1.29, 1.82) is 0 Å². The number of methoxy groups -OCH3 is 1. The Bertz CT molecular complexity index is 1430. The summed E-state index contributed by atoms with van der Waals surface area (Å²) < 4.78 is 13.9. The van der Waals surface area contributed by atoms with E-state index in [9.17, 15) is 4.79 Å². The van der Waals surface area contributed by atoms with Crippen molar-refractivity contribution >= 4 is 17.1 Å². The number of nitrogens with zero attached hydrogens (tertiary/aromatic N) is 3. The van der Waals surface area contributed by atoms with Gasteiger partial charge < -0.3 is 18.8 Å². The topological polar surface area (TPSA) is 56.1 Å². The second-order valence-corrected chi connectivity index (χ2v) is 11.8. The Labute approximate surface area is 264 Å². The Morgan fingerprint density at radius 3 is 2.23 bits per heavy atom. The van der Waals surface area contributed by atoms with Crippen molar-refractivity contribution in [2.24, 2.45) is 0 Å². The molecule has 236 valence electrons. The van der Waals surface area contributed by atoms with Gasteiger partial charge in [0.25, 0.3) is 0 Å². The van der Waals surface area contributed by atoms with Gasteiger partial charge in [-0.25, -0.2) is 4.98 Å². The van der Waals surface area contributed by atoms with Crippen LogP contribution in [-0.2, 0) is 17.8 Å². The van der Waals surface area contributed by atoms with Crippen molar-refractivity contribution in [2.45, 2.75) is 104 Å². The van der Waals surface area contributed by atoms with Crippen molar-refractivity contribution in [2.75, 3.05) is 18.6 Å². The number of carbonyl (C=O) groups is 1.